The Balaban J connectivity index is 2.21. The summed E-state index contributed by atoms with van der Waals surface area (Å²) in [7, 11) is 1.62. The van der Waals surface area contributed by atoms with Crippen LogP contribution in [0.3, 0.4) is 0 Å². The van der Waals surface area contributed by atoms with Crippen LogP contribution in [0, 0.1) is 0 Å². The van der Waals surface area contributed by atoms with Gasteiger partial charge >= 0.3 is 0 Å². The summed E-state index contributed by atoms with van der Waals surface area (Å²) in [4.78, 5) is 27.7. The molecular formula is C25H34N2O4. The zero-order valence-corrected chi connectivity index (χ0v) is 18.8. The molecule has 0 fully saturated rings. The fourth-order valence-corrected chi connectivity index (χ4v) is 3.33. The average Bonchev–Trinajstić information content (AvgIpc) is 2.81. The second kappa shape index (κ2) is 13.4. The van der Waals surface area contributed by atoms with E-state index in [1.807, 2.05) is 68.4 Å². The van der Waals surface area contributed by atoms with Gasteiger partial charge in [-0.1, -0.05) is 49.4 Å². The number of methoxy groups -OCH3 is 1. The molecule has 2 rings (SSSR count). The van der Waals surface area contributed by atoms with E-state index in [1.54, 1.807) is 12.0 Å². The molecule has 0 radical (unpaired) electrons. The van der Waals surface area contributed by atoms with E-state index in [1.165, 1.54) is 0 Å². The molecule has 2 aromatic rings. The Morgan fingerprint density at radius 2 is 1.71 bits per heavy atom. The van der Waals surface area contributed by atoms with Crippen molar-refractivity contribution in [1.82, 2.24) is 10.2 Å². The number of ether oxygens (including phenoxy) is 2. The van der Waals surface area contributed by atoms with E-state index in [0.717, 1.165) is 23.3 Å². The van der Waals surface area contributed by atoms with Gasteiger partial charge in [0.1, 0.15) is 11.8 Å². The number of rotatable bonds is 13. The molecule has 0 aliphatic rings. The summed E-state index contributed by atoms with van der Waals surface area (Å²) in [5.74, 6) is 0.557. The first-order valence-corrected chi connectivity index (χ1v) is 10.9. The summed E-state index contributed by atoms with van der Waals surface area (Å²) < 4.78 is 10.6. The van der Waals surface area contributed by atoms with Gasteiger partial charge in [0.25, 0.3) is 0 Å². The van der Waals surface area contributed by atoms with Crippen molar-refractivity contribution in [2.45, 2.75) is 45.7 Å². The second-order valence-corrected chi connectivity index (χ2v) is 7.27. The molecule has 0 saturated heterocycles. The standard InChI is InChI=1S/C25H34N2O4/c1-4-24(28)27(19-21-12-14-22(30-3)15-13-21)23(18-20-10-7-6-8-11-20)25(29)26-16-9-17-31-5-2/h6-8,10-15,23H,4-5,9,16-19H2,1-3H3,(H,26,29)/t23-/m1/s1. The molecule has 2 aromatic carbocycles. The number of carbonyl (C=O) groups is 2. The first-order chi connectivity index (χ1) is 15.1. The Bertz CT molecular complexity index is 793. The lowest BCUT2D eigenvalue weighted by atomic mass is 10.0. The SMILES string of the molecule is CCOCCCNC(=O)[C@@H](Cc1ccccc1)N(Cc1ccc(OC)cc1)C(=O)CC. The maximum Gasteiger partial charge on any atom is 0.243 e. The maximum atomic E-state index is 13.2. The lowest BCUT2D eigenvalue weighted by Gasteiger charge is -2.31. The predicted molar refractivity (Wildman–Crippen MR) is 122 cm³/mol. The van der Waals surface area contributed by atoms with E-state index in [9.17, 15) is 9.59 Å². The Kier molecular flexibility index (Phi) is 10.6. The highest BCUT2D eigenvalue weighted by molar-refractivity contribution is 5.87. The van der Waals surface area contributed by atoms with Crippen LogP contribution in [0.2, 0.25) is 0 Å². The molecule has 0 bridgehead atoms. The highest BCUT2D eigenvalue weighted by Crippen LogP contribution is 2.18. The van der Waals surface area contributed by atoms with Crippen molar-refractivity contribution in [2.75, 3.05) is 26.9 Å². The van der Waals surface area contributed by atoms with Gasteiger partial charge in [-0.2, -0.15) is 0 Å². The Morgan fingerprint density at radius 3 is 2.32 bits per heavy atom. The number of nitrogens with zero attached hydrogens (tertiary/aromatic N) is 1. The van der Waals surface area contributed by atoms with Crippen LogP contribution in [0.5, 0.6) is 5.75 Å². The molecule has 0 saturated carbocycles. The number of hydrogen-bond donors (Lipinski definition) is 1. The van der Waals surface area contributed by atoms with E-state index in [4.69, 9.17) is 9.47 Å². The molecule has 0 spiro atoms. The molecule has 0 heterocycles. The molecule has 2 amide bonds. The number of amides is 2. The molecule has 0 aromatic heterocycles. The normalized spacial score (nSPS) is 11.6. The van der Waals surface area contributed by atoms with Gasteiger partial charge in [0.15, 0.2) is 0 Å². The number of hydrogen-bond acceptors (Lipinski definition) is 4. The van der Waals surface area contributed by atoms with Gasteiger partial charge in [-0.3, -0.25) is 9.59 Å². The van der Waals surface area contributed by atoms with E-state index in [2.05, 4.69) is 5.32 Å². The molecule has 6 nitrogen and oxygen atoms in total. The molecule has 31 heavy (non-hydrogen) atoms. The van der Waals surface area contributed by atoms with Gasteiger partial charge in [-0.15, -0.1) is 0 Å². The average molecular weight is 427 g/mol. The topological polar surface area (TPSA) is 67.9 Å². The number of benzene rings is 2. The first-order valence-electron chi connectivity index (χ1n) is 10.9. The molecule has 0 unspecified atom stereocenters. The van der Waals surface area contributed by atoms with Crippen molar-refractivity contribution in [3.8, 4) is 5.75 Å². The van der Waals surface area contributed by atoms with Crippen molar-refractivity contribution in [2.24, 2.45) is 0 Å². The van der Waals surface area contributed by atoms with Crippen LogP contribution in [0.15, 0.2) is 54.6 Å². The number of carbonyl (C=O) groups excluding carboxylic acids is 2. The van der Waals surface area contributed by atoms with E-state index in [0.29, 0.717) is 39.1 Å². The summed E-state index contributed by atoms with van der Waals surface area (Å²) in [5, 5.41) is 2.99. The van der Waals surface area contributed by atoms with Crippen molar-refractivity contribution in [3.05, 3.63) is 65.7 Å². The monoisotopic (exact) mass is 426 g/mol. The van der Waals surface area contributed by atoms with Crippen molar-refractivity contribution in [3.63, 3.8) is 0 Å². The molecule has 0 aliphatic carbocycles. The summed E-state index contributed by atoms with van der Waals surface area (Å²) in [6, 6.07) is 16.8. The van der Waals surface area contributed by atoms with Crippen LogP contribution in [-0.4, -0.2) is 49.6 Å². The van der Waals surface area contributed by atoms with Gasteiger partial charge in [0, 0.05) is 39.1 Å². The Hall–Kier alpha value is -2.86. The molecule has 6 heteroatoms. The van der Waals surface area contributed by atoms with Gasteiger partial charge in [-0.25, -0.2) is 0 Å². The fraction of sp³-hybridized carbons (Fsp3) is 0.440. The fourth-order valence-electron chi connectivity index (χ4n) is 3.33. The van der Waals surface area contributed by atoms with Crippen LogP contribution >= 0.6 is 0 Å². The van der Waals surface area contributed by atoms with Crippen LogP contribution in [0.1, 0.15) is 37.8 Å². The molecule has 168 valence electrons. The van der Waals surface area contributed by atoms with Crippen molar-refractivity contribution >= 4 is 11.8 Å². The quantitative estimate of drug-likeness (QED) is 0.497. The zero-order chi connectivity index (χ0) is 22.5. The van der Waals surface area contributed by atoms with Gasteiger partial charge in [0.05, 0.1) is 7.11 Å². The maximum absolute atomic E-state index is 13.2. The Labute approximate surface area is 185 Å². The van der Waals surface area contributed by atoms with Crippen molar-refractivity contribution < 1.29 is 19.1 Å². The number of nitrogens with one attached hydrogen (secondary N) is 1. The van der Waals surface area contributed by atoms with Crippen LogP contribution in [0.25, 0.3) is 0 Å². The zero-order valence-electron chi connectivity index (χ0n) is 18.8. The van der Waals surface area contributed by atoms with Crippen LogP contribution in [0.4, 0.5) is 0 Å². The van der Waals surface area contributed by atoms with Gasteiger partial charge in [0.2, 0.25) is 11.8 Å². The lowest BCUT2D eigenvalue weighted by Crippen LogP contribution is -2.50. The van der Waals surface area contributed by atoms with E-state index >= 15 is 0 Å². The highest BCUT2D eigenvalue weighted by Gasteiger charge is 2.29. The Morgan fingerprint density at radius 1 is 1.00 bits per heavy atom. The van der Waals surface area contributed by atoms with Crippen LogP contribution < -0.4 is 10.1 Å². The first kappa shape index (κ1) is 24.4. The third kappa shape index (κ3) is 8.06. The third-order valence-electron chi connectivity index (χ3n) is 5.05. The highest BCUT2D eigenvalue weighted by atomic mass is 16.5. The summed E-state index contributed by atoms with van der Waals surface area (Å²) >= 11 is 0. The molecular weight excluding hydrogens is 392 g/mol. The minimum Gasteiger partial charge on any atom is -0.497 e. The second-order valence-electron chi connectivity index (χ2n) is 7.27. The molecule has 0 aliphatic heterocycles. The largest absolute Gasteiger partial charge is 0.497 e. The molecule has 1 N–H and O–H groups in total. The van der Waals surface area contributed by atoms with Gasteiger partial charge < -0.3 is 19.7 Å². The predicted octanol–water partition coefficient (Wildman–Crippen LogP) is 3.59. The van der Waals surface area contributed by atoms with Gasteiger partial charge in [-0.05, 0) is 36.6 Å². The van der Waals surface area contributed by atoms with E-state index < -0.39 is 6.04 Å². The minimum atomic E-state index is -0.593. The van der Waals surface area contributed by atoms with E-state index in [-0.39, 0.29) is 11.8 Å². The lowest BCUT2D eigenvalue weighted by molar-refractivity contribution is -0.141. The van der Waals surface area contributed by atoms with Crippen LogP contribution in [-0.2, 0) is 27.3 Å². The minimum absolute atomic E-state index is 0.0544. The summed E-state index contributed by atoms with van der Waals surface area (Å²) in [6.45, 7) is 5.90. The summed E-state index contributed by atoms with van der Waals surface area (Å²) in [5.41, 5.74) is 1.96. The third-order valence-corrected chi connectivity index (χ3v) is 5.05. The van der Waals surface area contributed by atoms with Crippen molar-refractivity contribution in [1.29, 1.82) is 0 Å². The smallest absolute Gasteiger partial charge is 0.243 e. The summed E-state index contributed by atoms with van der Waals surface area (Å²) in [6.07, 6.45) is 1.52. The molecule has 1 atom stereocenters.